The first-order valence-electron chi connectivity index (χ1n) is 14.1. The summed E-state index contributed by atoms with van der Waals surface area (Å²) in [6, 6.07) is 7.03. The zero-order valence-electron chi connectivity index (χ0n) is 23.7. The van der Waals surface area contributed by atoms with Gasteiger partial charge in [0.15, 0.2) is 5.82 Å². The fourth-order valence-electron chi connectivity index (χ4n) is 5.78. The van der Waals surface area contributed by atoms with Crippen LogP contribution < -0.4 is 4.90 Å². The number of alkyl halides is 6. The minimum atomic E-state index is -5.00. The summed E-state index contributed by atoms with van der Waals surface area (Å²) in [4.78, 5) is 10.9. The van der Waals surface area contributed by atoms with Crippen molar-refractivity contribution in [1.29, 1.82) is 0 Å². The Labute approximate surface area is 252 Å². The molecule has 45 heavy (non-hydrogen) atoms. The van der Waals surface area contributed by atoms with Gasteiger partial charge in [-0.15, -0.1) is 10.2 Å². The lowest BCUT2D eigenvalue weighted by Crippen LogP contribution is -2.35. The van der Waals surface area contributed by atoms with E-state index in [0.717, 1.165) is 0 Å². The maximum absolute atomic E-state index is 13.8. The van der Waals surface area contributed by atoms with Crippen molar-refractivity contribution >= 4 is 5.82 Å². The summed E-state index contributed by atoms with van der Waals surface area (Å²) >= 11 is 0. The second-order valence-corrected chi connectivity index (χ2v) is 11.2. The van der Waals surface area contributed by atoms with Crippen LogP contribution in [0.25, 0.3) is 11.5 Å². The SMILES string of the molecule is C[C@@H](O[C@H]1Cc2nnc(-c3cnc(N4CCC(O)C4)cn3)n2C[C@@H]1c1ccc(F)cc1)c1cc(C(F)(F)F)cc(C(F)(F)F)c1. The number of benzene rings is 2. The van der Waals surface area contributed by atoms with Gasteiger partial charge in [0.1, 0.15) is 23.2 Å². The number of fused-ring (bicyclic) bond motifs is 1. The lowest BCUT2D eigenvalue weighted by molar-refractivity contribution is -0.143. The van der Waals surface area contributed by atoms with Crippen LogP contribution in [0.5, 0.6) is 0 Å². The Hall–Kier alpha value is -4.11. The third kappa shape index (κ3) is 6.50. The maximum atomic E-state index is 13.8. The summed E-state index contributed by atoms with van der Waals surface area (Å²) in [5.74, 6) is 0.492. The van der Waals surface area contributed by atoms with E-state index in [-0.39, 0.29) is 24.6 Å². The van der Waals surface area contributed by atoms with Crippen LogP contribution in [0.1, 0.15) is 53.4 Å². The number of ether oxygens (including phenoxy) is 1. The largest absolute Gasteiger partial charge is 0.416 e. The predicted molar refractivity (Wildman–Crippen MR) is 146 cm³/mol. The molecule has 0 bridgehead atoms. The summed E-state index contributed by atoms with van der Waals surface area (Å²) < 4.78 is 103. The smallest absolute Gasteiger partial charge is 0.391 e. The molecular formula is C30H27F7N6O2. The Bertz CT molecular complexity index is 1630. The number of nitrogens with zero attached hydrogens (tertiary/aromatic N) is 6. The van der Waals surface area contributed by atoms with Crippen molar-refractivity contribution in [1.82, 2.24) is 24.7 Å². The van der Waals surface area contributed by atoms with Crippen molar-refractivity contribution in [2.75, 3.05) is 18.0 Å². The van der Waals surface area contributed by atoms with Crippen molar-refractivity contribution < 1.29 is 40.6 Å². The topological polar surface area (TPSA) is 89.2 Å². The summed E-state index contributed by atoms with van der Waals surface area (Å²) in [5.41, 5.74) is -2.08. The first-order chi connectivity index (χ1) is 21.3. The molecule has 0 saturated carbocycles. The fourth-order valence-corrected chi connectivity index (χ4v) is 5.78. The molecule has 1 N–H and O–H groups in total. The maximum Gasteiger partial charge on any atom is 0.416 e. The quantitative estimate of drug-likeness (QED) is 0.261. The molecule has 2 aliphatic heterocycles. The highest BCUT2D eigenvalue weighted by molar-refractivity contribution is 5.51. The molecule has 1 fully saturated rings. The first-order valence-corrected chi connectivity index (χ1v) is 14.1. The van der Waals surface area contributed by atoms with Crippen LogP contribution >= 0.6 is 0 Å². The Balaban J connectivity index is 1.31. The molecule has 4 heterocycles. The molecule has 0 radical (unpaired) electrons. The Morgan fingerprint density at radius 3 is 2.18 bits per heavy atom. The van der Waals surface area contributed by atoms with E-state index in [0.29, 0.717) is 60.4 Å². The summed E-state index contributed by atoms with van der Waals surface area (Å²) in [7, 11) is 0. The minimum Gasteiger partial charge on any atom is -0.391 e. The van der Waals surface area contributed by atoms with Gasteiger partial charge in [0, 0.05) is 32.0 Å². The highest BCUT2D eigenvalue weighted by atomic mass is 19.4. The number of hydrogen-bond acceptors (Lipinski definition) is 7. The van der Waals surface area contributed by atoms with E-state index in [4.69, 9.17) is 4.74 Å². The van der Waals surface area contributed by atoms with Crippen LogP contribution in [-0.2, 0) is 30.1 Å². The van der Waals surface area contributed by atoms with E-state index < -0.39 is 53.5 Å². The Kier molecular flexibility index (Phi) is 8.01. The van der Waals surface area contributed by atoms with Crippen molar-refractivity contribution in [2.45, 2.75) is 62.9 Å². The van der Waals surface area contributed by atoms with E-state index in [2.05, 4.69) is 20.2 Å². The number of rotatable bonds is 6. The molecular weight excluding hydrogens is 609 g/mol. The van der Waals surface area contributed by atoms with E-state index in [1.165, 1.54) is 19.1 Å². The number of aromatic nitrogens is 5. The molecule has 8 nitrogen and oxygen atoms in total. The molecule has 4 atom stereocenters. The summed E-state index contributed by atoms with van der Waals surface area (Å²) in [6.45, 7) is 2.69. The van der Waals surface area contributed by atoms with Gasteiger partial charge < -0.3 is 19.3 Å². The number of aliphatic hydroxyl groups is 1. The van der Waals surface area contributed by atoms with Crippen LogP contribution in [0.4, 0.5) is 36.6 Å². The monoisotopic (exact) mass is 636 g/mol. The average Bonchev–Trinajstić information content (AvgIpc) is 3.62. The van der Waals surface area contributed by atoms with Gasteiger partial charge in [-0.05, 0) is 54.8 Å². The highest BCUT2D eigenvalue weighted by Gasteiger charge is 2.39. The third-order valence-electron chi connectivity index (χ3n) is 8.15. The second-order valence-electron chi connectivity index (χ2n) is 11.2. The molecule has 238 valence electrons. The number of aliphatic hydroxyl groups excluding tert-OH is 1. The van der Waals surface area contributed by atoms with Crippen molar-refractivity contribution in [3.8, 4) is 11.5 Å². The zero-order chi connectivity index (χ0) is 32.1. The number of hydrogen-bond donors (Lipinski definition) is 1. The van der Waals surface area contributed by atoms with Gasteiger partial charge in [-0.2, -0.15) is 26.3 Å². The fraction of sp³-hybridized carbons (Fsp3) is 0.400. The van der Waals surface area contributed by atoms with Crippen LogP contribution in [0, 0.1) is 5.82 Å². The molecule has 2 aromatic heterocycles. The van der Waals surface area contributed by atoms with E-state index >= 15 is 0 Å². The molecule has 0 spiro atoms. The summed E-state index contributed by atoms with van der Waals surface area (Å²) in [6.07, 6.45) is -8.49. The number of β-amino-alcohol motifs (C(OH)–C–C–N with tert-alkyl or cyclic N) is 1. The molecule has 6 rings (SSSR count). The molecule has 0 amide bonds. The molecule has 2 aromatic carbocycles. The minimum absolute atomic E-state index is 0.0755. The molecule has 4 aromatic rings. The third-order valence-corrected chi connectivity index (χ3v) is 8.15. The molecule has 1 unspecified atom stereocenters. The van der Waals surface area contributed by atoms with Crippen molar-refractivity contribution in [2.24, 2.45) is 0 Å². The van der Waals surface area contributed by atoms with Crippen LogP contribution in [0.3, 0.4) is 0 Å². The standard InChI is InChI=1S/C30H27F7N6O2/c1-16(18-8-19(29(32,33)34)10-20(9-18)30(35,36)37)45-25-11-26-40-41-28(43(26)15-23(25)17-2-4-21(31)5-3-17)24-12-39-27(13-38-24)42-7-6-22(44)14-42/h2-5,8-10,12-13,16,22-23,25,44H,6-7,11,14-15H2,1H3/t16-,22?,23-,25+/m1/s1. The van der Waals surface area contributed by atoms with E-state index in [1.54, 1.807) is 29.1 Å². The predicted octanol–water partition coefficient (Wildman–Crippen LogP) is 5.97. The van der Waals surface area contributed by atoms with Gasteiger partial charge in [0.25, 0.3) is 0 Å². The van der Waals surface area contributed by atoms with Crippen LogP contribution in [0.15, 0.2) is 54.9 Å². The van der Waals surface area contributed by atoms with Gasteiger partial charge >= 0.3 is 12.4 Å². The lowest BCUT2D eigenvalue weighted by atomic mass is 9.88. The molecule has 2 aliphatic rings. The second kappa shape index (κ2) is 11.7. The highest BCUT2D eigenvalue weighted by Crippen LogP contribution is 2.40. The van der Waals surface area contributed by atoms with E-state index in [1.807, 2.05) is 4.90 Å². The van der Waals surface area contributed by atoms with Crippen LogP contribution in [-0.4, -0.2) is 55.1 Å². The number of halogens is 7. The van der Waals surface area contributed by atoms with Gasteiger partial charge in [-0.3, -0.25) is 0 Å². The zero-order valence-corrected chi connectivity index (χ0v) is 23.7. The van der Waals surface area contributed by atoms with Gasteiger partial charge in [-0.25, -0.2) is 14.4 Å². The van der Waals surface area contributed by atoms with E-state index in [9.17, 15) is 35.8 Å². The molecule has 15 heteroatoms. The molecule has 1 saturated heterocycles. The Morgan fingerprint density at radius 1 is 0.911 bits per heavy atom. The summed E-state index contributed by atoms with van der Waals surface area (Å²) in [5, 5.41) is 18.4. The number of anilines is 1. The Morgan fingerprint density at radius 2 is 1.60 bits per heavy atom. The molecule has 0 aliphatic carbocycles. The lowest BCUT2D eigenvalue weighted by Gasteiger charge is -2.35. The van der Waals surface area contributed by atoms with Gasteiger partial charge in [0.05, 0.1) is 41.8 Å². The van der Waals surface area contributed by atoms with Crippen molar-refractivity contribution in [3.63, 3.8) is 0 Å². The average molecular weight is 637 g/mol. The van der Waals surface area contributed by atoms with Crippen LogP contribution in [0.2, 0.25) is 0 Å². The van der Waals surface area contributed by atoms with Gasteiger partial charge in [-0.1, -0.05) is 12.1 Å². The normalized spacial score (nSPS) is 21.2. The van der Waals surface area contributed by atoms with Crippen molar-refractivity contribution in [3.05, 3.63) is 88.8 Å². The first kappa shape index (κ1) is 30.9. The van der Waals surface area contributed by atoms with Gasteiger partial charge in [0.2, 0.25) is 0 Å².